The standard InChI is InChI=1S/C25H42NO13PS/c1-4-24(31)37-14-20(39-25(32)5-2)15-41-16-21(26)23(30)11-18(12-38-40(33,34)35)22(29)7-6-10-36-13-19(28)9-8-17(3)27/h18,20-21H,4-16,26H2,1-3H3,(H2,33,34,35). The van der Waals surface area contributed by atoms with Crippen LogP contribution in [0.1, 0.15) is 65.7 Å². The molecule has 0 radical (unpaired) electrons. The van der Waals surface area contributed by atoms with Crippen LogP contribution in [0.25, 0.3) is 0 Å². The van der Waals surface area contributed by atoms with Crippen molar-refractivity contribution in [1.29, 1.82) is 0 Å². The molecule has 3 atom stereocenters. The lowest BCUT2D eigenvalue weighted by molar-refractivity contribution is -0.157. The molecule has 0 fully saturated rings. The monoisotopic (exact) mass is 627 g/mol. The Morgan fingerprint density at radius 3 is 2.15 bits per heavy atom. The van der Waals surface area contributed by atoms with E-state index in [-0.39, 0.29) is 81.4 Å². The number of Topliss-reactive ketones (excluding diaryl/α,β-unsaturated/α-hetero) is 4. The van der Waals surface area contributed by atoms with Crippen molar-refractivity contribution in [2.24, 2.45) is 11.7 Å². The molecule has 0 aromatic rings. The van der Waals surface area contributed by atoms with Gasteiger partial charge in [-0.25, -0.2) is 4.57 Å². The molecular weight excluding hydrogens is 585 g/mol. The van der Waals surface area contributed by atoms with Crippen molar-refractivity contribution in [2.45, 2.75) is 77.9 Å². The van der Waals surface area contributed by atoms with Crippen LogP contribution in [0, 0.1) is 5.92 Å². The Hall–Kier alpha value is -2.00. The smallest absolute Gasteiger partial charge is 0.462 e. The first-order valence-electron chi connectivity index (χ1n) is 13.2. The third-order valence-corrected chi connectivity index (χ3v) is 7.09. The molecule has 0 aromatic heterocycles. The predicted octanol–water partition coefficient (Wildman–Crippen LogP) is 1.31. The van der Waals surface area contributed by atoms with Crippen LogP contribution in [0.5, 0.6) is 0 Å². The molecule has 0 saturated heterocycles. The van der Waals surface area contributed by atoms with Crippen LogP contribution in [-0.2, 0) is 52.1 Å². The van der Waals surface area contributed by atoms with Gasteiger partial charge in [-0.15, -0.1) is 0 Å². The summed E-state index contributed by atoms with van der Waals surface area (Å²) in [5.41, 5.74) is 5.97. The SMILES string of the molecule is CCC(=O)OCC(CSCC(N)C(=O)CC(COP(=O)(O)O)C(=O)CCCOCC(=O)CCC(C)=O)OC(=O)CC. The van der Waals surface area contributed by atoms with Gasteiger partial charge in [0.05, 0.1) is 12.6 Å². The van der Waals surface area contributed by atoms with Crippen molar-refractivity contribution < 1.29 is 61.9 Å². The number of phosphoric acid groups is 1. The number of ketones is 4. The number of ether oxygens (including phenoxy) is 3. The number of carbonyl (C=O) groups is 6. The molecule has 0 saturated carbocycles. The second-order valence-electron chi connectivity index (χ2n) is 9.16. The van der Waals surface area contributed by atoms with Crippen molar-refractivity contribution in [3.05, 3.63) is 0 Å². The number of thioether (sulfide) groups is 1. The van der Waals surface area contributed by atoms with Crippen molar-refractivity contribution in [2.75, 3.05) is 37.9 Å². The highest BCUT2D eigenvalue weighted by molar-refractivity contribution is 7.99. The summed E-state index contributed by atoms with van der Waals surface area (Å²) in [6.07, 6.45) is -0.627. The minimum atomic E-state index is -4.91. The zero-order chi connectivity index (χ0) is 31.4. The third-order valence-electron chi connectivity index (χ3n) is 5.40. The van der Waals surface area contributed by atoms with Crippen LogP contribution >= 0.6 is 19.6 Å². The number of carbonyl (C=O) groups excluding carboxylic acids is 6. The van der Waals surface area contributed by atoms with Crippen molar-refractivity contribution in [3.8, 4) is 0 Å². The molecule has 14 nitrogen and oxygen atoms in total. The first-order valence-corrected chi connectivity index (χ1v) is 15.9. The molecule has 0 aliphatic heterocycles. The molecule has 3 unspecified atom stereocenters. The predicted molar refractivity (Wildman–Crippen MR) is 148 cm³/mol. The summed E-state index contributed by atoms with van der Waals surface area (Å²) in [6, 6.07) is -1.05. The minimum Gasteiger partial charge on any atom is -0.462 e. The number of hydrogen-bond donors (Lipinski definition) is 3. The van der Waals surface area contributed by atoms with Crippen molar-refractivity contribution in [1.82, 2.24) is 0 Å². The lowest BCUT2D eigenvalue weighted by atomic mass is 9.93. The summed E-state index contributed by atoms with van der Waals surface area (Å²) in [5, 5.41) is 0. The third kappa shape index (κ3) is 21.4. The molecule has 0 aromatic carbocycles. The fraction of sp³-hybridized carbons (Fsp3) is 0.760. The average Bonchev–Trinajstić information content (AvgIpc) is 2.90. The van der Waals surface area contributed by atoms with Crippen LogP contribution in [0.15, 0.2) is 0 Å². The first kappa shape index (κ1) is 39.0. The Kier molecular flexibility index (Phi) is 20.6. The lowest BCUT2D eigenvalue weighted by Gasteiger charge is -2.20. The molecule has 0 heterocycles. The summed E-state index contributed by atoms with van der Waals surface area (Å²) < 4.78 is 31.1. The molecule has 236 valence electrons. The first-order chi connectivity index (χ1) is 19.2. The maximum Gasteiger partial charge on any atom is 0.469 e. The fourth-order valence-corrected chi connectivity index (χ4v) is 4.44. The Balaban J connectivity index is 4.86. The normalized spacial score (nSPS) is 13.6. The maximum absolute atomic E-state index is 12.7. The average molecular weight is 628 g/mol. The Morgan fingerprint density at radius 1 is 0.902 bits per heavy atom. The zero-order valence-electron chi connectivity index (χ0n) is 23.7. The van der Waals surface area contributed by atoms with Gasteiger partial charge < -0.3 is 34.5 Å². The van der Waals surface area contributed by atoms with Crippen LogP contribution < -0.4 is 5.73 Å². The van der Waals surface area contributed by atoms with E-state index in [1.807, 2.05) is 0 Å². The molecule has 41 heavy (non-hydrogen) atoms. The molecule has 4 N–H and O–H groups in total. The Morgan fingerprint density at radius 2 is 1.56 bits per heavy atom. The van der Waals surface area contributed by atoms with Crippen molar-refractivity contribution in [3.63, 3.8) is 0 Å². The molecule has 0 rings (SSSR count). The van der Waals surface area contributed by atoms with Gasteiger partial charge in [-0.3, -0.25) is 28.5 Å². The molecular formula is C25H42NO13PS. The van der Waals surface area contributed by atoms with Gasteiger partial charge in [0, 0.05) is 62.6 Å². The number of nitrogens with two attached hydrogens (primary N) is 1. The number of rotatable bonds is 25. The van der Waals surface area contributed by atoms with E-state index in [0.717, 1.165) is 0 Å². The molecule has 0 spiro atoms. The van der Waals surface area contributed by atoms with Gasteiger partial charge in [0.2, 0.25) is 0 Å². The van der Waals surface area contributed by atoms with E-state index in [1.165, 1.54) is 18.7 Å². The van der Waals surface area contributed by atoms with Gasteiger partial charge in [-0.1, -0.05) is 13.8 Å². The summed E-state index contributed by atoms with van der Waals surface area (Å²) in [5.74, 6) is -3.27. The maximum atomic E-state index is 12.7. The summed E-state index contributed by atoms with van der Waals surface area (Å²) in [7, 11) is -4.91. The van der Waals surface area contributed by atoms with E-state index in [4.69, 9.17) is 29.7 Å². The highest BCUT2D eigenvalue weighted by Gasteiger charge is 2.28. The van der Waals surface area contributed by atoms with Crippen LogP contribution in [0.3, 0.4) is 0 Å². The Labute approximate surface area is 244 Å². The van der Waals surface area contributed by atoms with Gasteiger partial charge in [-0.2, -0.15) is 11.8 Å². The van der Waals surface area contributed by atoms with Gasteiger partial charge >= 0.3 is 19.8 Å². The molecule has 0 aliphatic rings. The quantitative estimate of drug-likeness (QED) is 0.0737. The Bertz CT molecular complexity index is 923. The highest BCUT2D eigenvalue weighted by Crippen LogP contribution is 2.36. The van der Waals surface area contributed by atoms with Crippen molar-refractivity contribution >= 4 is 54.7 Å². The lowest BCUT2D eigenvalue weighted by Crippen LogP contribution is -2.37. The van der Waals surface area contributed by atoms with E-state index in [2.05, 4.69) is 4.52 Å². The van der Waals surface area contributed by atoms with Crippen LogP contribution in [0.4, 0.5) is 0 Å². The number of phosphoric ester groups is 1. The van der Waals surface area contributed by atoms with Gasteiger partial charge in [0.15, 0.2) is 11.6 Å². The summed E-state index contributed by atoms with van der Waals surface area (Å²) >= 11 is 1.17. The molecule has 0 amide bonds. The second-order valence-corrected chi connectivity index (χ2v) is 11.5. The summed E-state index contributed by atoms with van der Waals surface area (Å²) in [6.45, 7) is 3.59. The van der Waals surface area contributed by atoms with Gasteiger partial charge in [0.1, 0.15) is 30.9 Å². The molecule has 0 bridgehead atoms. The second kappa shape index (κ2) is 21.7. The van der Waals surface area contributed by atoms with E-state index in [1.54, 1.807) is 13.8 Å². The zero-order valence-corrected chi connectivity index (χ0v) is 25.5. The molecule has 0 aliphatic carbocycles. The highest BCUT2D eigenvalue weighted by atomic mass is 32.2. The van der Waals surface area contributed by atoms with Gasteiger partial charge in [-0.05, 0) is 13.3 Å². The number of hydrogen-bond acceptors (Lipinski definition) is 13. The number of esters is 2. The largest absolute Gasteiger partial charge is 0.469 e. The van der Waals surface area contributed by atoms with E-state index < -0.39 is 62.4 Å². The topological polar surface area (TPSA) is 223 Å². The van der Waals surface area contributed by atoms with Crippen LogP contribution in [-0.4, -0.2) is 94.9 Å². The van der Waals surface area contributed by atoms with E-state index in [0.29, 0.717) is 0 Å². The summed E-state index contributed by atoms with van der Waals surface area (Å²) in [4.78, 5) is 89.1. The molecule has 16 heteroatoms. The minimum absolute atomic E-state index is 0.0467. The van der Waals surface area contributed by atoms with Crippen LogP contribution in [0.2, 0.25) is 0 Å². The fourth-order valence-electron chi connectivity index (χ4n) is 3.07. The van der Waals surface area contributed by atoms with Gasteiger partial charge in [0.25, 0.3) is 0 Å². The van der Waals surface area contributed by atoms with E-state index >= 15 is 0 Å². The van der Waals surface area contributed by atoms with E-state index in [9.17, 15) is 33.3 Å².